The van der Waals surface area contributed by atoms with E-state index in [9.17, 15) is 5.11 Å². The quantitative estimate of drug-likeness (QED) is 0.513. The van der Waals surface area contributed by atoms with Crippen LogP contribution >= 0.6 is 11.6 Å². The van der Waals surface area contributed by atoms with E-state index in [1.165, 1.54) is 0 Å². The van der Waals surface area contributed by atoms with E-state index in [1.54, 1.807) is 6.07 Å². The van der Waals surface area contributed by atoms with Gasteiger partial charge in [0.25, 0.3) is 5.89 Å². The van der Waals surface area contributed by atoms with Crippen molar-refractivity contribution in [2.24, 2.45) is 0 Å². The summed E-state index contributed by atoms with van der Waals surface area (Å²) in [4.78, 5) is 11.3. The highest BCUT2D eigenvalue weighted by Crippen LogP contribution is 2.34. The van der Waals surface area contributed by atoms with Gasteiger partial charge in [-0.2, -0.15) is 4.98 Å². The van der Waals surface area contributed by atoms with Crippen molar-refractivity contribution in [1.29, 1.82) is 0 Å². The van der Waals surface area contributed by atoms with Crippen molar-refractivity contribution in [2.45, 2.75) is 33.8 Å². The van der Waals surface area contributed by atoms with Gasteiger partial charge in [0.2, 0.25) is 5.82 Å². The molecule has 0 saturated heterocycles. The standard InChI is InChI=1S/C22H27ClN4O4/c1-5-27(6-2)19-10-16(8-14(4)24-19)22-25-21(26-31-22)15-7-13(3)20(18(23)9-15)30-12-17(29)11-28/h7-10,17,28-29H,5-6,11-12H2,1-4H3/t17-/m0/s1. The molecule has 0 aliphatic heterocycles. The van der Waals surface area contributed by atoms with Gasteiger partial charge in [-0.05, 0) is 57.5 Å². The second-order valence-electron chi connectivity index (χ2n) is 7.20. The third-order valence-corrected chi connectivity index (χ3v) is 5.10. The average Bonchev–Trinajstić information content (AvgIpc) is 3.24. The third-order valence-electron chi connectivity index (χ3n) is 4.82. The van der Waals surface area contributed by atoms with Crippen molar-refractivity contribution in [3.63, 3.8) is 0 Å². The number of hydrogen-bond acceptors (Lipinski definition) is 8. The molecule has 166 valence electrons. The van der Waals surface area contributed by atoms with Crippen LogP contribution in [-0.4, -0.2) is 57.7 Å². The molecule has 0 amide bonds. The summed E-state index contributed by atoms with van der Waals surface area (Å²) in [6.45, 7) is 9.20. The van der Waals surface area contributed by atoms with Crippen LogP contribution in [0.4, 0.5) is 5.82 Å². The predicted molar refractivity (Wildman–Crippen MR) is 120 cm³/mol. The van der Waals surface area contributed by atoms with Gasteiger partial charge in [0.15, 0.2) is 0 Å². The first-order chi connectivity index (χ1) is 14.9. The highest BCUT2D eigenvalue weighted by Gasteiger charge is 2.17. The number of ether oxygens (including phenoxy) is 1. The molecule has 1 atom stereocenters. The van der Waals surface area contributed by atoms with Crippen molar-refractivity contribution in [3.05, 3.63) is 40.5 Å². The summed E-state index contributed by atoms with van der Waals surface area (Å²) in [5.41, 5.74) is 3.10. The van der Waals surface area contributed by atoms with Gasteiger partial charge in [0.05, 0.1) is 11.6 Å². The molecular formula is C22H27ClN4O4. The van der Waals surface area contributed by atoms with E-state index in [2.05, 4.69) is 33.9 Å². The van der Waals surface area contributed by atoms with Crippen molar-refractivity contribution >= 4 is 17.4 Å². The van der Waals surface area contributed by atoms with E-state index in [4.69, 9.17) is 26.0 Å². The van der Waals surface area contributed by atoms with Gasteiger partial charge < -0.3 is 24.4 Å². The Morgan fingerprint density at radius 1 is 1.10 bits per heavy atom. The molecule has 0 aliphatic carbocycles. The summed E-state index contributed by atoms with van der Waals surface area (Å²) >= 11 is 6.37. The molecule has 0 spiro atoms. The van der Waals surface area contributed by atoms with E-state index in [1.807, 2.05) is 32.0 Å². The molecule has 0 unspecified atom stereocenters. The lowest BCUT2D eigenvalue weighted by atomic mass is 10.1. The second kappa shape index (κ2) is 10.1. The summed E-state index contributed by atoms with van der Waals surface area (Å²) in [5, 5.41) is 22.9. The summed E-state index contributed by atoms with van der Waals surface area (Å²) in [7, 11) is 0. The van der Waals surface area contributed by atoms with Crippen LogP contribution in [0.1, 0.15) is 25.1 Å². The maximum absolute atomic E-state index is 9.49. The summed E-state index contributed by atoms with van der Waals surface area (Å²) in [6, 6.07) is 7.37. The Morgan fingerprint density at radius 2 is 1.84 bits per heavy atom. The van der Waals surface area contributed by atoms with Crippen LogP contribution in [-0.2, 0) is 0 Å². The van der Waals surface area contributed by atoms with E-state index in [0.717, 1.165) is 35.7 Å². The molecule has 8 nitrogen and oxygen atoms in total. The number of aromatic nitrogens is 3. The normalized spacial score (nSPS) is 12.1. The van der Waals surface area contributed by atoms with E-state index in [-0.39, 0.29) is 13.2 Å². The molecule has 3 aromatic rings. The minimum Gasteiger partial charge on any atom is -0.489 e. The number of aryl methyl sites for hydroxylation is 2. The van der Waals surface area contributed by atoms with E-state index < -0.39 is 6.10 Å². The summed E-state index contributed by atoms with van der Waals surface area (Å²) < 4.78 is 11.1. The first kappa shape index (κ1) is 23.0. The van der Waals surface area contributed by atoms with Crippen molar-refractivity contribution in [3.8, 4) is 28.6 Å². The van der Waals surface area contributed by atoms with Crippen LogP contribution in [0.5, 0.6) is 5.75 Å². The lowest BCUT2D eigenvalue weighted by Gasteiger charge is -2.20. The van der Waals surface area contributed by atoms with Gasteiger partial charge in [-0.25, -0.2) is 4.98 Å². The Bertz CT molecular complexity index is 1010. The zero-order valence-corrected chi connectivity index (χ0v) is 18.8. The maximum atomic E-state index is 9.49. The van der Waals surface area contributed by atoms with Gasteiger partial charge in [0.1, 0.15) is 24.3 Å². The van der Waals surface area contributed by atoms with Crippen LogP contribution in [0.15, 0.2) is 28.8 Å². The number of rotatable bonds is 9. The molecular weight excluding hydrogens is 420 g/mol. The molecule has 0 aliphatic rings. The summed E-state index contributed by atoms with van der Waals surface area (Å²) in [6.07, 6.45) is -0.972. The molecule has 9 heteroatoms. The fraction of sp³-hybridized carbons (Fsp3) is 0.409. The lowest BCUT2D eigenvalue weighted by Crippen LogP contribution is -2.23. The SMILES string of the molecule is CCN(CC)c1cc(-c2nc(-c3cc(C)c(OC[C@@H](O)CO)c(Cl)c3)no2)cc(C)n1. The number of pyridine rings is 1. The largest absolute Gasteiger partial charge is 0.489 e. The molecule has 0 fully saturated rings. The van der Waals surface area contributed by atoms with E-state index in [0.29, 0.717) is 28.1 Å². The minimum absolute atomic E-state index is 0.0565. The highest BCUT2D eigenvalue weighted by atomic mass is 35.5. The van der Waals surface area contributed by atoms with Gasteiger partial charge in [-0.15, -0.1) is 0 Å². The monoisotopic (exact) mass is 446 g/mol. The van der Waals surface area contributed by atoms with Gasteiger partial charge in [-0.3, -0.25) is 0 Å². The molecule has 0 radical (unpaired) electrons. The third kappa shape index (κ3) is 5.33. The fourth-order valence-electron chi connectivity index (χ4n) is 3.22. The van der Waals surface area contributed by atoms with E-state index >= 15 is 0 Å². The average molecular weight is 447 g/mol. The molecule has 0 bridgehead atoms. The molecule has 2 N–H and O–H groups in total. The number of nitrogens with zero attached hydrogens (tertiary/aromatic N) is 4. The Morgan fingerprint density at radius 3 is 2.48 bits per heavy atom. The zero-order valence-electron chi connectivity index (χ0n) is 18.1. The Balaban J connectivity index is 1.89. The topological polar surface area (TPSA) is 105 Å². The number of aliphatic hydroxyl groups excluding tert-OH is 2. The predicted octanol–water partition coefficient (Wildman–Crippen LogP) is 3.65. The molecule has 3 rings (SSSR count). The number of halogens is 1. The lowest BCUT2D eigenvalue weighted by molar-refractivity contribution is 0.0534. The molecule has 1 aromatic carbocycles. The molecule has 31 heavy (non-hydrogen) atoms. The minimum atomic E-state index is -0.972. The van der Waals surface area contributed by atoms with Crippen LogP contribution < -0.4 is 9.64 Å². The Kier molecular flexibility index (Phi) is 7.48. The number of anilines is 1. The Labute approximate surface area is 186 Å². The van der Waals surface area contributed by atoms with Crippen LogP contribution in [0.2, 0.25) is 5.02 Å². The molecule has 0 saturated carbocycles. The van der Waals surface area contributed by atoms with Gasteiger partial charge >= 0.3 is 0 Å². The second-order valence-corrected chi connectivity index (χ2v) is 7.61. The van der Waals surface area contributed by atoms with Crippen molar-refractivity contribution in [2.75, 3.05) is 31.2 Å². The highest BCUT2D eigenvalue weighted by molar-refractivity contribution is 6.32. The summed E-state index contributed by atoms with van der Waals surface area (Å²) in [5.74, 6) is 2.11. The zero-order chi connectivity index (χ0) is 22.5. The Hall–Kier alpha value is -2.68. The molecule has 2 aromatic heterocycles. The van der Waals surface area contributed by atoms with Crippen molar-refractivity contribution in [1.82, 2.24) is 15.1 Å². The smallest absolute Gasteiger partial charge is 0.258 e. The fourth-order valence-corrected chi connectivity index (χ4v) is 3.54. The number of benzene rings is 1. The first-order valence-corrected chi connectivity index (χ1v) is 10.5. The molecule has 2 heterocycles. The number of aliphatic hydroxyl groups is 2. The van der Waals surface area contributed by atoms with Crippen LogP contribution in [0.25, 0.3) is 22.8 Å². The van der Waals surface area contributed by atoms with Crippen LogP contribution in [0, 0.1) is 13.8 Å². The van der Waals surface area contributed by atoms with Crippen molar-refractivity contribution < 1.29 is 19.5 Å². The maximum Gasteiger partial charge on any atom is 0.258 e. The number of hydrogen-bond donors (Lipinski definition) is 2. The first-order valence-electron chi connectivity index (χ1n) is 10.2. The van der Waals surface area contributed by atoms with Crippen LogP contribution in [0.3, 0.4) is 0 Å². The van der Waals surface area contributed by atoms with Gasteiger partial charge in [-0.1, -0.05) is 16.8 Å². The van der Waals surface area contributed by atoms with Gasteiger partial charge in [0, 0.05) is 29.9 Å².